The van der Waals surface area contributed by atoms with Crippen LogP contribution < -0.4 is 5.32 Å². The number of hydrogen-bond acceptors (Lipinski definition) is 3. The molecule has 19 heavy (non-hydrogen) atoms. The molecule has 2 rings (SSSR count). The first kappa shape index (κ1) is 14.3. The maximum absolute atomic E-state index is 12.2. The summed E-state index contributed by atoms with van der Waals surface area (Å²) in [5.41, 5.74) is -0.594. The van der Waals surface area contributed by atoms with E-state index >= 15 is 0 Å². The predicted octanol–water partition coefficient (Wildman–Crippen LogP) is 2.21. The summed E-state index contributed by atoms with van der Waals surface area (Å²) < 4.78 is 0. The highest BCUT2D eigenvalue weighted by Gasteiger charge is 2.32. The molecule has 0 radical (unpaired) electrons. The van der Waals surface area contributed by atoms with Gasteiger partial charge in [0.1, 0.15) is 5.54 Å². The van der Waals surface area contributed by atoms with Crippen molar-refractivity contribution in [3.63, 3.8) is 0 Å². The van der Waals surface area contributed by atoms with Gasteiger partial charge in [0.05, 0.1) is 12.6 Å². The highest BCUT2D eigenvalue weighted by molar-refractivity contribution is 5.79. The van der Waals surface area contributed by atoms with E-state index in [1.54, 1.807) is 0 Å². The van der Waals surface area contributed by atoms with E-state index in [1.165, 1.54) is 32.1 Å². The Hall–Kier alpha value is -1.08. The van der Waals surface area contributed by atoms with E-state index in [2.05, 4.69) is 16.3 Å². The van der Waals surface area contributed by atoms with Crippen LogP contribution in [-0.2, 0) is 4.79 Å². The summed E-state index contributed by atoms with van der Waals surface area (Å²) in [7, 11) is 0. The zero-order valence-corrected chi connectivity index (χ0v) is 11.8. The Bertz CT molecular complexity index is 334. The summed E-state index contributed by atoms with van der Waals surface area (Å²) >= 11 is 0. The molecule has 0 unspecified atom stereocenters. The third-order valence-electron chi connectivity index (χ3n) is 4.37. The van der Waals surface area contributed by atoms with Crippen molar-refractivity contribution >= 4 is 5.91 Å². The Balaban J connectivity index is 1.86. The number of nitriles is 1. The standard InChI is InChI=1S/C15H25N3O/c16-13-15(8-4-1-2-5-9-15)17-14(19)12-18-10-6-3-7-11-18/h1-12H2,(H,17,19). The van der Waals surface area contributed by atoms with Gasteiger partial charge in [-0.25, -0.2) is 0 Å². The lowest BCUT2D eigenvalue weighted by Gasteiger charge is -2.30. The van der Waals surface area contributed by atoms with E-state index in [4.69, 9.17) is 0 Å². The molecule has 1 amide bonds. The van der Waals surface area contributed by atoms with Crippen molar-refractivity contribution < 1.29 is 4.79 Å². The minimum absolute atomic E-state index is 0.0327. The summed E-state index contributed by atoms with van der Waals surface area (Å²) in [6.45, 7) is 2.50. The number of nitrogens with zero attached hydrogens (tertiary/aromatic N) is 2. The van der Waals surface area contributed by atoms with Gasteiger partial charge >= 0.3 is 0 Å². The molecule has 4 nitrogen and oxygen atoms in total. The van der Waals surface area contributed by atoms with Crippen LogP contribution in [0.1, 0.15) is 57.8 Å². The van der Waals surface area contributed by atoms with Crippen LogP contribution in [-0.4, -0.2) is 36.0 Å². The molecule has 0 aromatic heterocycles. The Morgan fingerprint density at radius 2 is 1.63 bits per heavy atom. The highest BCUT2D eigenvalue weighted by Crippen LogP contribution is 2.26. The molecule has 106 valence electrons. The second-order valence-corrected chi connectivity index (χ2v) is 5.99. The van der Waals surface area contributed by atoms with Crippen LogP contribution in [0.3, 0.4) is 0 Å². The van der Waals surface area contributed by atoms with Crippen molar-refractivity contribution in [3.8, 4) is 6.07 Å². The van der Waals surface area contributed by atoms with E-state index < -0.39 is 5.54 Å². The summed E-state index contributed by atoms with van der Waals surface area (Å²) in [5, 5.41) is 12.5. The summed E-state index contributed by atoms with van der Waals surface area (Å²) in [6, 6.07) is 2.38. The van der Waals surface area contributed by atoms with Gasteiger partial charge in [-0.3, -0.25) is 9.69 Å². The van der Waals surface area contributed by atoms with Crippen molar-refractivity contribution in [1.29, 1.82) is 5.26 Å². The summed E-state index contributed by atoms with van der Waals surface area (Å²) in [5.74, 6) is 0.0327. The Kier molecular flexibility index (Phi) is 5.21. The van der Waals surface area contributed by atoms with Crippen LogP contribution in [0.2, 0.25) is 0 Å². The lowest BCUT2D eigenvalue weighted by molar-refractivity contribution is -0.124. The first-order valence-electron chi connectivity index (χ1n) is 7.69. The third kappa shape index (κ3) is 4.21. The monoisotopic (exact) mass is 263 g/mol. The van der Waals surface area contributed by atoms with Gasteiger partial charge in [0.15, 0.2) is 0 Å². The molecule has 0 aromatic rings. The van der Waals surface area contributed by atoms with Crippen LogP contribution in [0.15, 0.2) is 0 Å². The van der Waals surface area contributed by atoms with E-state index in [0.29, 0.717) is 6.54 Å². The van der Waals surface area contributed by atoms with Crippen molar-refractivity contribution in [1.82, 2.24) is 10.2 Å². The predicted molar refractivity (Wildman–Crippen MR) is 74.5 cm³/mol. The van der Waals surface area contributed by atoms with Gasteiger partial charge in [-0.15, -0.1) is 0 Å². The molecular formula is C15H25N3O. The molecule has 2 aliphatic rings. The molecule has 0 bridgehead atoms. The van der Waals surface area contributed by atoms with Crippen molar-refractivity contribution in [3.05, 3.63) is 0 Å². The van der Waals surface area contributed by atoms with E-state index in [-0.39, 0.29) is 5.91 Å². The molecule has 0 atom stereocenters. The van der Waals surface area contributed by atoms with Gasteiger partial charge in [-0.2, -0.15) is 5.26 Å². The molecule has 1 heterocycles. The molecule has 1 saturated heterocycles. The largest absolute Gasteiger partial charge is 0.337 e. The van der Waals surface area contributed by atoms with Crippen LogP contribution >= 0.6 is 0 Å². The molecule has 2 fully saturated rings. The average Bonchev–Trinajstić information content (AvgIpc) is 2.66. The number of piperidine rings is 1. The van der Waals surface area contributed by atoms with E-state index in [9.17, 15) is 10.1 Å². The zero-order chi connectivity index (χ0) is 13.6. The molecule has 1 aliphatic carbocycles. The third-order valence-corrected chi connectivity index (χ3v) is 4.37. The fourth-order valence-electron chi connectivity index (χ4n) is 3.22. The summed E-state index contributed by atoms with van der Waals surface area (Å²) in [6.07, 6.45) is 9.77. The van der Waals surface area contributed by atoms with Gasteiger partial charge in [0.25, 0.3) is 0 Å². The first-order valence-corrected chi connectivity index (χ1v) is 7.69. The minimum Gasteiger partial charge on any atom is -0.337 e. The van der Waals surface area contributed by atoms with E-state index in [0.717, 1.165) is 38.8 Å². The zero-order valence-electron chi connectivity index (χ0n) is 11.8. The number of carbonyl (C=O) groups is 1. The fraction of sp³-hybridized carbons (Fsp3) is 0.867. The average molecular weight is 263 g/mol. The maximum Gasteiger partial charge on any atom is 0.235 e. The quantitative estimate of drug-likeness (QED) is 0.794. The maximum atomic E-state index is 12.2. The second-order valence-electron chi connectivity index (χ2n) is 5.99. The molecule has 1 saturated carbocycles. The Morgan fingerprint density at radius 3 is 2.21 bits per heavy atom. The van der Waals surface area contributed by atoms with Gasteiger partial charge < -0.3 is 5.32 Å². The van der Waals surface area contributed by atoms with Gasteiger partial charge in [0, 0.05) is 0 Å². The van der Waals surface area contributed by atoms with Gasteiger partial charge in [-0.1, -0.05) is 32.1 Å². The Morgan fingerprint density at radius 1 is 1.05 bits per heavy atom. The van der Waals surface area contributed by atoms with Gasteiger partial charge in [-0.05, 0) is 38.8 Å². The normalized spacial score (nSPS) is 24.2. The topological polar surface area (TPSA) is 56.1 Å². The number of likely N-dealkylation sites (tertiary alicyclic amines) is 1. The second kappa shape index (κ2) is 6.91. The SMILES string of the molecule is N#CC1(NC(=O)CN2CCCCC2)CCCCCC1. The number of nitrogens with one attached hydrogen (secondary N) is 1. The fourth-order valence-corrected chi connectivity index (χ4v) is 3.22. The first-order chi connectivity index (χ1) is 9.24. The van der Waals surface area contributed by atoms with Crippen LogP contribution in [0, 0.1) is 11.3 Å². The van der Waals surface area contributed by atoms with Gasteiger partial charge in [0.2, 0.25) is 5.91 Å². The number of rotatable bonds is 3. The van der Waals surface area contributed by atoms with Crippen molar-refractivity contribution in [2.45, 2.75) is 63.3 Å². The van der Waals surface area contributed by atoms with Crippen molar-refractivity contribution in [2.75, 3.05) is 19.6 Å². The molecule has 0 aromatic carbocycles. The molecular weight excluding hydrogens is 238 g/mol. The van der Waals surface area contributed by atoms with Crippen LogP contribution in [0.5, 0.6) is 0 Å². The number of amides is 1. The molecule has 1 N–H and O–H groups in total. The van der Waals surface area contributed by atoms with Crippen LogP contribution in [0.4, 0.5) is 0 Å². The smallest absolute Gasteiger partial charge is 0.235 e. The molecule has 4 heteroatoms. The minimum atomic E-state index is -0.594. The van der Waals surface area contributed by atoms with Crippen molar-refractivity contribution in [2.24, 2.45) is 0 Å². The van der Waals surface area contributed by atoms with Crippen LogP contribution in [0.25, 0.3) is 0 Å². The number of carbonyl (C=O) groups excluding carboxylic acids is 1. The summed E-state index contributed by atoms with van der Waals surface area (Å²) in [4.78, 5) is 14.4. The van der Waals surface area contributed by atoms with E-state index in [1.807, 2.05) is 0 Å². The molecule has 0 spiro atoms. The Labute approximate surface area is 116 Å². The number of hydrogen-bond donors (Lipinski definition) is 1. The lowest BCUT2D eigenvalue weighted by atomic mass is 9.92. The lowest BCUT2D eigenvalue weighted by Crippen LogP contribution is -2.51. The highest BCUT2D eigenvalue weighted by atomic mass is 16.2. The molecule has 1 aliphatic heterocycles.